The number of hydrogen-bond acceptors (Lipinski definition) is 5. The van der Waals surface area contributed by atoms with E-state index in [1.54, 1.807) is 21.9 Å². The summed E-state index contributed by atoms with van der Waals surface area (Å²) in [5, 5.41) is 0. The molecule has 0 atom stereocenters. The molecule has 3 rings (SSSR count). The smallest absolute Gasteiger partial charge is 0.275 e. The fourth-order valence-electron chi connectivity index (χ4n) is 2.62. The van der Waals surface area contributed by atoms with Gasteiger partial charge in [0.1, 0.15) is 18.6 Å². The largest absolute Gasteiger partial charge is 0.482 e. The number of anilines is 1. The number of hydrogen-bond donors (Lipinski definition) is 0. The quantitative estimate of drug-likeness (QED) is 0.839. The number of para-hydroxylation sites is 2. The summed E-state index contributed by atoms with van der Waals surface area (Å²) >= 11 is 0. The molecule has 2 heterocycles. The lowest BCUT2D eigenvalue weighted by molar-refractivity contribution is -0.121. The highest BCUT2D eigenvalue weighted by atomic mass is 16.5. The lowest BCUT2D eigenvalue weighted by Crippen LogP contribution is -2.38. The molecule has 0 unspecified atom stereocenters. The molecular weight excluding hydrogens is 310 g/mol. The Bertz CT molecular complexity index is 752. The standard InChI is InChI=1S/C17H19N3O4/c1-3-19(4-2)17(22)12-10-24-15(18-12)9-20-13-7-5-6-8-14(13)23-11-16(20)21/h5-8,10H,3-4,9,11H2,1-2H3. The Morgan fingerprint density at radius 3 is 2.79 bits per heavy atom. The first-order valence-corrected chi connectivity index (χ1v) is 7.89. The van der Waals surface area contributed by atoms with Crippen molar-refractivity contribution in [1.29, 1.82) is 0 Å². The average molecular weight is 329 g/mol. The van der Waals surface area contributed by atoms with E-state index in [0.29, 0.717) is 30.4 Å². The Morgan fingerprint density at radius 1 is 1.29 bits per heavy atom. The molecule has 0 radical (unpaired) electrons. The molecule has 0 spiro atoms. The fraction of sp³-hybridized carbons (Fsp3) is 0.353. The molecule has 0 fully saturated rings. The third-order valence-corrected chi connectivity index (χ3v) is 3.92. The second-order valence-corrected chi connectivity index (χ2v) is 5.34. The van der Waals surface area contributed by atoms with Crippen LogP contribution < -0.4 is 9.64 Å². The predicted octanol–water partition coefficient (Wildman–Crippen LogP) is 2.08. The van der Waals surface area contributed by atoms with Crippen LogP contribution in [0.2, 0.25) is 0 Å². The van der Waals surface area contributed by atoms with Gasteiger partial charge >= 0.3 is 0 Å². The topological polar surface area (TPSA) is 75.9 Å². The van der Waals surface area contributed by atoms with Crippen LogP contribution in [0.25, 0.3) is 0 Å². The maximum Gasteiger partial charge on any atom is 0.275 e. The van der Waals surface area contributed by atoms with Crippen molar-refractivity contribution in [3.8, 4) is 5.75 Å². The van der Waals surface area contributed by atoms with Gasteiger partial charge in [-0.2, -0.15) is 0 Å². The summed E-state index contributed by atoms with van der Waals surface area (Å²) in [6.07, 6.45) is 1.34. The number of ether oxygens (including phenoxy) is 1. The molecule has 1 aromatic heterocycles. The van der Waals surface area contributed by atoms with Gasteiger partial charge in [-0.3, -0.25) is 14.5 Å². The van der Waals surface area contributed by atoms with Gasteiger partial charge in [-0.1, -0.05) is 12.1 Å². The van der Waals surface area contributed by atoms with Gasteiger partial charge in [0.15, 0.2) is 12.3 Å². The number of carbonyl (C=O) groups is 2. The number of rotatable bonds is 5. The zero-order valence-electron chi connectivity index (χ0n) is 13.7. The number of aromatic nitrogens is 1. The third-order valence-electron chi connectivity index (χ3n) is 3.92. The molecule has 126 valence electrons. The molecule has 2 aromatic rings. The van der Waals surface area contributed by atoms with Crippen LogP contribution in [-0.4, -0.2) is 41.4 Å². The minimum absolute atomic E-state index is 0.0248. The normalized spacial score (nSPS) is 13.4. The van der Waals surface area contributed by atoms with E-state index in [-0.39, 0.29) is 30.7 Å². The highest BCUT2D eigenvalue weighted by Crippen LogP contribution is 2.32. The maximum absolute atomic E-state index is 12.3. The first kappa shape index (κ1) is 16.0. The third kappa shape index (κ3) is 2.97. The highest BCUT2D eigenvalue weighted by molar-refractivity contribution is 5.97. The van der Waals surface area contributed by atoms with Gasteiger partial charge < -0.3 is 14.1 Å². The van der Waals surface area contributed by atoms with Gasteiger partial charge in [-0.05, 0) is 26.0 Å². The molecule has 1 aliphatic rings. The van der Waals surface area contributed by atoms with Gasteiger partial charge in [0.2, 0.25) is 5.89 Å². The Hall–Kier alpha value is -2.83. The van der Waals surface area contributed by atoms with E-state index < -0.39 is 0 Å². The molecule has 1 aromatic carbocycles. The first-order valence-electron chi connectivity index (χ1n) is 7.89. The molecule has 0 bridgehead atoms. The van der Waals surface area contributed by atoms with E-state index in [4.69, 9.17) is 9.15 Å². The van der Waals surface area contributed by atoms with Gasteiger partial charge in [0.05, 0.1) is 5.69 Å². The Kier molecular flexibility index (Phi) is 4.50. The minimum atomic E-state index is -0.177. The summed E-state index contributed by atoms with van der Waals surface area (Å²) in [4.78, 5) is 31.9. The summed E-state index contributed by atoms with van der Waals surface area (Å²) < 4.78 is 10.8. The van der Waals surface area contributed by atoms with E-state index in [0.717, 1.165) is 0 Å². The molecule has 7 heteroatoms. The molecular formula is C17H19N3O4. The molecule has 0 saturated heterocycles. The van der Waals surface area contributed by atoms with Gasteiger partial charge in [0.25, 0.3) is 11.8 Å². The number of oxazole rings is 1. The molecule has 7 nitrogen and oxygen atoms in total. The fourth-order valence-corrected chi connectivity index (χ4v) is 2.62. The molecule has 2 amide bonds. The van der Waals surface area contributed by atoms with E-state index in [1.807, 2.05) is 26.0 Å². The zero-order chi connectivity index (χ0) is 17.1. The number of fused-ring (bicyclic) bond motifs is 1. The summed E-state index contributed by atoms with van der Waals surface area (Å²) in [7, 11) is 0. The average Bonchev–Trinajstić information content (AvgIpc) is 3.07. The minimum Gasteiger partial charge on any atom is -0.482 e. The van der Waals surface area contributed by atoms with E-state index in [2.05, 4.69) is 4.98 Å². The van der Waals surface area contributed by atoms with Crippen molar-refractivity contribution in [2.75, 3.05) is 24.6 Å². The molecule has 24 heavy (non-hydrogen) atoms. The molecule has 1 aliphatic heterocycles. The van der Waals surface area contributed by atoms with Crippen LogP contribution in [0, 0.1) is 0 Å². The van der Waals surface area contributed by atoms with E-state index >= 15 is 0 Å². The number of amides is 2. The number of benzene rings is 1. The molecule has 0 aliphatic carbocycles. The van der Waals surface area contributed by atoms with Crippen molar-refractivity contribution in [2.45, 2.75) is 20.4 Å². The Morgan fingerprint density at radius 2 is 2.04 bits per heavy atom. The summed E-state index contributed by atoms with van der Waals surface area (Å²) in [6.45, 7) is 5.16. The number of carbonyl (C=O) groups excluding carboxylic acids is 2. The summed E-state index contributed by atoms with van der Waals surface area (Å²) in [5.74, 6) is 0.603. The van der Waals surface area contributed by atoms with Crippen molar-refractivity contribution in [3.05, 3.63) is 42.1 Å². The van der Waals surface area contributed by atoms with Crippen molar-refractivity contribution < 1.29 is 18.7 Å². The van der Waals surface area contributed by atoms with Crippen molar-refractivity contribution >= 4 is 17.5 Å². The van der Waals surface area contributed by atoms with Crippen LogP contribution in [0.5, 0.6) is 5.75 Å². The number of nitrogens with zero attached hydrogens (tertiary/aromatic N) is 3. The van der Waals surface area contributed by atoms with E-state index in [1.165, 1.54) is 6.26 Å². The second-order valence-electron chi connectivity index (χ2n) is 5.34. The van der Waals surface area contributed by atoms with Crippen molar-refractivity contribution in [3.63, 3.8) is 0 Å². The lowest BCUT2D eigenvalue weighted by atomic mass is 10.2. The van der Waals surface area contributed by atoms with E-state index in [9.17, 15) is 9.59 Å². The van der Waals surface area contributed by atoms with Crippen molar-refractivity contribution in [1.82, 2.24) is 9.88 Å². The second kappa shape index (κ2) is 6.74. The van der Waals surface area contributed by atoms with Crippen LogP contribution in [0.1, 0.15) is 30.2 Å². The van der Waals surface area contributed by atoms with Crippen molar-refractivity contribution in [2.24, 2.45) is 0 Å². The van der Waals surface area contributed by atoms with Gasteiger partial charge in [-0.25, -0.2) is 4.98 Å². The first-order chi connectivity index (χ1) is 11.6. The van der Waals surface area contributed by atoms with Crippen LogP contribution in [-0.2, 0) is 11.3 Å². The Balaban J connectivity index is 1.80. The van der Waals surface area contributed by atoms with Crippen LogP contribution in [0.15, 0.2) is 34.9 Å². The SMILES string of the molecule is CCN(CC)C(=O)c1coc(CN2C(=O)COc3ccccc32)n1. The monoisotopic (exact) mass is 329 g/mol. The predicted molar refractivity (Wildman–Crippen MR) is 86.9 cm³/mol. The summed E-state index contributed by atoms with van der Waals surface area (Å²) in [5.41, 5.74) is 0.922. The zero-order valence-corrected chi connectivity index (χ0v) is 13.7. The lowest BCUT2D eigenvalue weighted by Gasteiger charge is -2.28. The summed E-state index contributed by atoms with van der Waals surface area (Å²) in [6, 6.07) is 7.29. The van der Waals surface area contributed by atoms with Crippen LogP contribution in [0.4, 0.5) is 5.69 Å². The van der Waals surface area contributed by atoms with Crippen LogP contribution in [0.3, 0.4) is 0 Å². The van der Waals surface area contributed by atoms with Gasteiger partial charge in [0, 0.05) is 13.1 Å². The Labute approximate surface area is 139 Å². The maximum atomic E-state index is 12.3. The van der Waals surface area contributed by atoms with Gasteiger partial charge in [-0.15, -0.1) is 0 Å². The molecule has 0 N–H and O–H groups in total. The molecule has 0 saturated carbocycles. The highest BCUT2D eigenvalue weighted by Gasteiger charge is 2.27. The van der Waals surface area contributed by atoms with Crippen LogP contribution >= 0.6 is 0 Å².